The van der Waals surface area contributed by atoms with E-state index in [4.69, 9.17) is 5.11 Å². The molecule has 0 unspecified atom stereocenters. The van der Waals surface area contributed by atoms with Crippen LogP contribution < -0.4 is 0 Å². The van der Waals surface area contributed by atoms with Crippen molar-refractivity contribution in [1.82, 2.24) is 20.2 Å². The lowest BCUT2D eigenvalue weighted by Gasteiger charge is -2.00. The number of aliphatic carboxylic acids is 1. The molecule has 0 amide bonds. The van der Waals surface area contributed by atoms with Crippen LogP contribution in [0.2, 0.25) is 0 Å². The highest BCUT2D eigenvalue weighted by Crippen LogP contribution is 2.17. The summed E-state index contributed by atoms with van der Waals surface area (Å²) < 4.78 is 0. The number of carboxylic acid groups (broad SMARTS) is 1. The van der Waals surface area contributed by atoms with E-state index in [2.05, 4.69) is 15.4 Å². The summed E-state index contributed by atoms with van der Waals surface area (Å²) in [5.74, 6) is -0.552. The molecule has 6 heteroatoms. The topological polar surface area (TPSA) is 80.9 Å². The molecular formula is C11H12N4O2. The van der Waals surface area contributed by atoms with Gasteiger partial charge >= 0.3 is 5.97 Å². The Kier molecular flexibility index (Phi) is 2.86. The summed E-state index contributed by atoms with van der Waals surface area (Å²) in [5.41, 5.74) is 3.16. The van der Waals surface area contributed by atoms with Crippen molar-refractivity contribution in [2.75, 3.05) is 0 Å². The summed E-state index contributed by atoms with van der Waals surface area (Å²) in [6.07, 6.45) is 0. The Morgan fingerprint density at radius 2 is 2.12 bits per heavy atom. The lowest BCUT2D eigenvalue weighted by molar-refractivity contribution is -0.138. The fourth-order valence-electron chi connectivity index (χ4n) is 1.43. The standard InChI is InChI=1S/C11H12N4O2/c1-7-3-4-9(5-8(7)2)11-12-14-15(13-11)6-10(16)17/h3-5H,6H2,1-2H3,(H,16,17). The van der Waals surface area contributed by atoms with Crippen LogP contribution in [0.1, 0.15) is 11.1 Å². The van der Waals surface area contributed by atoms with Gasteiger partial charge in [0.1, 0.15) is 0 Å². The average Bonchev–Trinajstić information content (AvgIpc) is 2.69. The Morgan fingerprint density at radius 1 is 1.35 bits per heavy atom. The normalized spacial score (nSPS) is 10.5. The zero-order valence-corrected chi connectivity index (χ0v) is 9.58. The molecule has 0 radical (unpaired) electrons. The third-order valence-electron chi connectivity index (χ3n) is 2.49. The van der Waals surface area contributed by atoms with Gasteiger partial charge in [-0.25, -0.2) is 0 Å². The van der Waals surface area contributed by atoms with Gasteiger partial charge in [0.15, 0.2) is 6.54 Å². The van der Waals surface area contributed by atoms with E-state index in [0.717, 1.165) is 15.9 Å². The highest BCUT2D eigenvalue weighted by atomic mass is 16.4. The Hall–Kier alpha value is -2.24. The van der Waals surface area contributed by atoms with Crippen LogP contribution in [0.4, 0.5) is 0 Å². The smallest absolute Gasteiger partial charge is 0.327 e. The van der Waals surface area contributed by atoms with Gasteiger partial charge in [-0.1, -0.05) is 12.1 Å². The van der Waals surface area contributed by atoms with Crippen LogP contribution in [0, 0.1) is 13.8 Å². The predicted octanol–water partition coefficient (Wildman–Crippen LogP) is 1.04. The third-order valence-corrected chi connectivity index (χ3v) is 2.49. The molecule has 0 saturated carbocycles. The van der Waals surface area contributed by atoms with Crippen molar-refractivity contribution in [3.63, 3.8) is 0 Å². The number of carboxylic acids is 1. The Labute approximate surface area is 97.9 Å². The zero-order valence-electron chi connectivity index (χ0n) is 9.58. The second-order valence-corrected chi connectivity index (χ2v) is 3.84. The molecule has 0 saturated heterocycles. The molecule has 0 fully saturated rings. The van der Waals surface area contributed by atoms with Gasteiger partial charge in [-0.15, -0.1) is 10.2 Å². The van der Waals surface area contributed by atoms with Crippen LogP contribution in [0.3, 0.4) is 0 Å². The molecule has 0 aliphatic heterocycles. The lowest BCUT2D eigenvalue weighted by Crippen LogP contribution is -2.11. The Balaban J connectivity index is 2.30. The summed E-state index contributed by atoms with van der Waals surface area (Å²) >= 11 is 0. The van der Waals surface area contributed by atoms with E-state index in [0.29, 0.717) is 5.82 Å². The van der Waals surface area contributed by atoms with Crippen LogP contribution in [-0.2, 0) is 11.3 Å². The fourth-order valence-corrected chi connectivity index (χ4v) is 1.43. The molecule has 1 aromatic heterocycles. The Bertz CT molecular complexity index is 562. The highest BCUT2D eigenvalue weighted by Gasteiger charge is 2.08. The van der Waals surface area contributed by atoms with E-state index in [1.807, 2.05) is 32.0 Å². The van der Waals surface area contributed by atoms with Gasteiger partial charge in [-0.05, 0) is 36.3 Å². The first-order valence-electron chi connectivity index (χ1n) is 5.13. The van der Waals surface area contributed by atoms with Gasteiger partial charge < -0.3 is 5.11 Å². The van der Waals surface area contributed by atoms with Crippen LogP contribution in [0.25, 0.3) is 11.4 Å². The quantitative estimate of drug-likeness (QED) is 0.855. The molecule has 1 heterocycles. The molecule has 1 aromatic carbocycles. The molecular weight excluding hydrogens is 220 g/mol. The van der Waals surface area contributed by atoms with Gasteiger partial charge in [-0.3, -0.25) is 4.79 Å². The Morgan fingerprint density at radius 3 is 2.76 bits per heavy atom. The van der Waals surface area contributed by atoms with E-state index < -0.39 is 5.97 Å². The lowest BCUT2D eigenvalue weighted by atomic mass is 10.1. The van der Waals surface area contributed by atoms with Crippen LogP contribution in [0.15, 0.2) is 18.2 Å². The molecule has 6 nitrogen and oxygen atoms in total. The molecule has 1 N–H and O–H groups in total. The number of hydrogen-bond acceptors (Lipinski definition) is 4. The number of rotatable bonds is 3. The molecule has 0 bridgehead atoms. The predicted molar refractivity (Wildman–Crippen MR) is 60.4 cm³/mol. The molecule has 2 rings (SSSR count). The molecule has 0 aliphatic carbocycles. The van der Waals surface area contributed by atoms with E-state index in [1.165, 1.54) is 5.56 Å². The van der Waals surface area contributed by atoms with Crippen molar-refractivity contribution in [2.24, 2.45) is 0 Å². The third kappa shape index (κ3) is 2.47. The van der Waals surface area contributed by atoms with Crippen LogP contribution in [-0.4, -0.2) is 31.3 Å². The highest BCUT2D eigenvalue weighted by molar-refractivity contribution is 5.66. The minimum atomic E-state index is -0.992. The second kappa shape index (κ2) is 4.32. The minimum Gasteiger partial charge on any atom is -0.480 e. The number of aromatic nitrogens is 4. The first-order valence-corrected chi connectivity index (χ1v) is 5.13. The first-order chi connectivity index (χ1) is 8.06. The van der Waals surface area contributed by atoms with Crippen LogP contribution in [0.5, 0.6) is 0 Å². The summed E-state index contributed by atoms with van der Waals surface area (Å²) in [4.78, 5) is 11.5. The van der Waals surface area contributed by atoms with E-state index >= 15 is 0 Å². The first kappa shape index (κ1) is 11.3. The summed E-state index contributed by atoms with van der Waals surface area (Å²) in [6, 6.07) is 5.82. The molecule has 0 spiro atoms. The van der Waals surface area contributed by atoms with Gasteiger partial charge in [0.25, 0.3) is 0 Å². The largest absolute Gasteiger partial charge is 0.480 e. The fraction of sp³-hybridized carbons (Fsp3) is 0.273. The van der Waals surface area contributed by atoms with Crippen molar-refractivity contribution in [1.29, 1.82) is 0 Å². The molecule has 0 aliphatic rings. The summed E-state index contributed by atoms with van der Waals surface area (Å²) in [7, 11) is 0. The maximum absolute atomic E-state index is 10.5. The summed E-state index contributed by atoms with van der Waals surface area (Å²) in [5, 5.41) is 20.1. The number of hydrogen-bond donors (Lipinski definition) is 1. The van der Waals surface area contributed by atoms with Gasteiger partial charge in [0.2, 0.25) is 5.82 Å². The second-order valence-electron chi connectivity index (χ2n) is 3.84. The van der Waals surface area contributed by atoms with E-state index in [9.17, 15) is 4.79 Å². The number of benzene rings is 1. The number of nitrogens with zero attached hydrogens (tertiary/aromatic N) is 4. The molecule has 88 valence electrons. The van der Waals surface area contributed by atoms with Crippen LogP contribution >= 0.6 is 0 Å². The van der Waals surface area contributed by atoms with Gasteiger partial charge in [0.05, 0.1) is 0 Å². The SMILES string of the molecule is Cc1ccc(-c2nnn(CC(=O)O)n2)cc1C. The number of carbonyl (C=O) groups is 1. The molecule has 0 atom stereocenters. The van der Waals surface area contributed by atoms with Crippen molar-refractivity contribution in [3.8, 4) is 11.4 Å². The maximum atomic E-state index is 10.5. The zero-order chi connectivity index (χ0) is 12.4. The van der Waals surface area contributed by atoms with Gasteiger partial charge in [0, 0.05) is 5.56 Å². The van der Waals surface area contributed by atoms with Crippen molar-refractivity contribution >= 4 is 5.97 Å². The van der Waals surface area contributed by atoms with Crippen molar-refractivity contribution in [2.45, 2.75) is 20.4 Å². The molecule has 17 heavy (non-hydrogen) atoms. The average molecular weight is 232 g/mol. The monoisotopic (exact) mass is 232 g/mol. The van der Waals surface area contributed by atoms with Crippen molar-refractivity contribution in [3.05, 3.63) is 29.3 Å². The number of tetrazole rings is 1. The number of aryl methyl sites for hydroxylation is 2. The van der Waals surface area contributed by atoms with E-state index in [-0.39, 0.29) is 6.54 Å². The van der Waals surface area contributed by atoms with E-state index in [1.54, 1.807) is 0 Å². The minimum absolute atomic E-state index is 0.280. The van der Waals surface area contributed by atoms with Gasteiger partial charge in [-0.2, -0.15) is 4.80 Å². The van der Waals surface area contributed by atoms with Crippen molar-refractivity contribution < 1.29 is 9.90 Å². The maximum Gasteiger partial charge on any atom is 0.327 e. The molecule has 2 aromatic rings. The summed E-state index contributed by atoms with van der Waals surface area (Å²) in [6.45, 7) is 3.74.